The molecule has 1 heterocycles. The second-order valence-electron chi connectivity index (χ2n) is 3.65. The number of carbonyl (C=O) groups excluding carboxylic acids is 1. The zero-order valence-corrected chi connectivity index (χ0v) is 9.08. The number of esters is 1. The number of piperidine rings is 1. The van der Waals surface area contributed by atoms with E-state index in [0.717, 1.165) is 13.1 Å². The minimum absolute atomic E-state index is 0.168. The van der Waals surface area contributed by atoms with Gasteiger partial charge in [0.1, 0.15) is 6.04 Å². The number of hydrogen-bond acceptors (Lipinski definition) is 4. The molecule has 0 radical (unpaired) electrons. The Morgan fingerprint density at radius 1 is 1.43 bits per heavy atom. The molecule has 1 unspecified atom stereocenters. The molecule has 0 aromatic carbocycles. The van der Waals surface area contributed by atoms with Crippen molar-refractivity contribution in [2.45, 2.75) is 39.2 Å². The van der Waals surface area contributed by atoms with Crippen molar-refractivity contribution < 1.29 is 9.53 Å². The van der Waals surface area contributed by atoms with E-state index in [1.54, 1.807) is 0 Å². The zero-order valence-electron chi connectivity index (χ0n) is 9.08. The normalized spacial score (nSPS) is 20.4. The summed E-state index contributed by atoms with van der Waals surface area (Å²) >= 11 is 0. The van der Waals surface area contributed by atoms with Gasteiger partial charge in [-0.05, 0) is 26.7 Å². The first kappa shape index (κ1) is 11.5. The summed E-state index contributed by atoms with van der Waals surface area (Å²) < 4.78 is 4.92. The van der Waals surface area contributed by atoms with Crippen LogP contribution < -0.4 is 5.43 Å². The Labute approximate surface area is 85.6 Å². The number of rotatable bonds is 4. The Morgan fingerprint density at radius 2 is 2.07 bits per heavy atom. The molecular weight excluding hydrogens is 180 g/mol. The van der Waals surface area contributed by atoms with Gasteiger partial charge in [0.05, 0.1) is 6.61 Å². The van der Waals surface area contributed by atoms with Crippen LogP contribution in [0.5, 0.6) is 0 Å². The highest BCUT2D eigenvalue weighted by Gasteiger charge is 2.18. The van der Waals surface area contributed by atoms with Crippen molar-refractivity contribution in [1.29, 1.82) is 0 Å². The van der Waals surface area contributed by atoms with E-state index in [1.807, 2.05) is 13.8 Å². The Hall–Kier alpha value is -0.610. The lowest BCUT2D eigenvalue weighted by molar-refractivity contribution is -0.146. The highest BCUT2D eigenvalue weighted by Crippen LogP contribution is 2.06. The molecule has 0 aromatic rings. The first-order valence-electron chi connectivity index (χ1n) is 5.41. The fraction of sp³-hybridized carbons (Fsp3) is 0.900. The number of carbonyl (C=O) groups is 1. The number of hydrogen-bond donors (Lipinski definition) is 1. The molecule has 0 spiro atoms. The summed E-state index contributed by atoms with van der Waals surface area (Å²) in [6.07, 6.45) is 3.72. The van der Waals surface area contributed by atoms with Crippen LogP contribution in [0.4, 0.5) is 0 Å². The number of nitrogens with zero attached hydrogens (tertiary/aromatic N) is 1. The van der Waals surface area contributed by atoms with Gasteiger partial charge in [-0.2, -0.15) is 0 Å². The third kappa shape index (κ3) is 3.64. The Balaban J connectivity index is 2.24. The van der Waals surface area contributed by atoms with Crippen LogP contribution >= 0.6 is 0 Å². The van der Waals surface area contributed by atoms with Crippen molar-refractivity contribution in [3.63, 3.8) is 0 Å². The van der Waals surface area contributed by atoms with E-state index in [2.05, 4.69) is 10.4 Å². The van der Waals surface area contributed by atoms with Crippen molar-refractivity contribution in [1.82, 2.24) is 10.4 Å². The van der Waals surface area contributed by atoms with E-state index in [1.165, 1.54) is 19.3 Å². The third-order valence-corrected chi connectivity index (χ3v) is 2.37. The molecule has 0 amide bonds. The Morgan fingerprint density at radius 3 is 2.64 bits per heavy atom. The quantitative estimate of drug-likeness (QED) is 0.685. The van der Waals surface area contributed by atoms with Crippen LogP contribution in [-0.2, 0) is 9.53 Å². The summed E-state index contributed by atoms with van der Waals surface area (Å²) in [6.45, 7) is 6.18. The maximum atomic E-state index is 11.3. The lowest BCUT2D eigenvalue weighted by Crippen LogP contribution is -2.49. The molecule has 1 aliphatic heterocycles. The second kappa shape index (κ2) is 5.98. The molecule has 1 aliphatic rings. The zero-order chi connectivity index (χ0) is 10.4. The van der Waals surface area contributed by atoms with Gasteiger partial charge in [0.15, 0.2) is 0 Å². The molecule has 1 N–H and O–H groups in total. The predicted octanol–water partition coefficient (Wildman–Crippen LogP) is 0.928. The molecule has 82 valence electrons. The van der Waals surface area contributed by atoms with E-state index in [4.69, 9.17) is 4.74 Å². The summed E-state index contributed by atoms with van der Waals surface area (Å²) in [5, 5.41) is 2.12. The van der Waals surface area contributed by atoms with E-state index < -0.39 is 0 Å². The molecule has 0 aliphatic carbocycles. The number of hydrazine groups is 1. The first-order valence-corrected chi connectivity index (χ1v) is 5.41. The second-order valence-corrected chi connectivity index (χ2v) is 3.65. The topological polar surface area (TPSA) is 41.6 Å². The first-order chi connectivity index (χ1) is 6.74. The maximum absolute atomic E-state index is 11.3. The highest BCUT2D eigenvalue weighted by molar-refractivity contribution is 5.75. The average Bonchev–Trinajstić information content (AvgIpc) is 2.19. The largest absolute Gasteiger partial charge is 0.465 e. The molecule has 0 aromatic heterocycles. The molecule has 1 atom stereocenters. The molecule has 1 saturated heterocycles. The van der Waals surface area contributed by atoms with Crippen LogP contribution in [0.25, 0.3) is 0 Å². The lowest BCUT2D eigenvalue weighted by Gasteiger charge is -2.29. The SMILES string of the molecule is CCOC(=O)C(C)NN1CCCCC1. The average molecular weight is 200 g/mol. The summed E-state index contributed by atoms with van der Waals surface area (Å²) in [5.74, 6) is -0.168. The van der Waals surface area contributed by atoms with Gasteiger partial charge in [-0.25, -0.2) is 10.4 Å². The predicted molar refractivity (Wildman–Crippen MR) is 54.7 cm³/mol. The molecule has 14 heavy (non-hydrogen) atoms. The molecular formula is C10H20N2O2. The van der Waals surface area contributed by atoms with Crippen molar-refractivity contribution in [2.75, 3.05) is 19.7 Å². The van der Waals surface area contributed by atoms with Crippen LogP contribution in [0.15, 0.2) is 0 Å². The lowest BCUT2D eigenvalue weighted by atomic mass is 10.2. The molecule has 4 nitrogen and oxygen atoms in total. The van der Waals surface area contributed by atoms with Gasteiger partial charge < -0.3 is 4.74 Å². The van der Waals surface area contributed by atoms with Crippen LogP contribution in [0.2, 0.25) is 0 Å². The molecule has 4 heteroatoms. The van der Waals surface area contributed by atoms with Gasteiger partial charge in [0.2, 0.25) is 0 Å². The summed E-state index contributed by atoms with van der Waals surface area (Å²) in [7, 11) is 0. The van der Waals surface area contributed by atoms with Gasteiger partial charge in [0, 0.05) is 13.1 Å². The fourth-order valence-corrected chi connectivity index (χ4v) is 1.62. The monoisotopic (exact) mass is 200 g/mol. The third-order valence-electron chi connectivity index (χ3n) is 2.37. The van der Waals surface area contributed by atoms with Crippen molar-refractivity contribution in [2.24, 2.45) is 0 Å². The van der Waals surface area contributed by atoms with E-state index in [9.17, 15) is 4.79 Å². The Kier molecular flexibility index (Phi) is 4.90. The maximum Gasteiger partial charge on any atom is 0.324 e. The molecule has 0 saturated carbocycles. The standard InChI is InChI=1S/C10H20N2O2/c1-3-14-10(13)9(2)11-12-7-5-4-6-8-12/h9,11H,3-8H2,1-2H3. The highest BCUT2D eigenvalue weighted by atomic mass is 16.5. The van der Waals surface area contributed by atoms with E-state index >= 15 is 0 Å². The number of nitrogens with one attached hydrogen (secondary N) is 1. The summed E-state index contributed by atoms with van der Waals surface area (Å²) in [6, 6.07) is -0.229. The van der Waals surface area contributed by atoms with Gasteiger partial charge in [-0.1, -0.05) is 6.42 Å². The van der Waals surface area contributed by atoms with Gasteiger partial charge in [0.25, 0.3) is 0 Å². The van der Waals surface area contributed by atoms with E-state index in [-0.39, 0.29) is 12.0 Å². The van der Waals surface area contributed by atoms with Crippen LogP contribution in [0.3, 0.4) is 0 Å². The molecule has 0 bridgehead atoms. The summed E-state index contributed by atoms with van der Waals surface area (Å²) in [5.41, 5.74) is 3.16. The smallest absolute Gasteiger partial charge is 0.324 e. The minimum Gasteiger partial charge on any atom is -0.465 e. The fourth-order valence-electron chi connectivity index (χ4n) is 1.62. The minimum atomic E-state index is -0.229. The van der Waals surface area contributed by atoms with Crippen molar-refractivity contribution in [3.8, 4) is 0 Å². The van der Waals surface area contributed by atoms with Gasteiger partial charge in [-0.15, -0.1) is 0 Å². The number of ether oxygens (including phenoxy) is 1. The van der Waals surface area contributed by atoms with Crippen LogP contribution in [-0.4, -0.2) is 36.7 Å². The Bertz CT molecular complexity index is 179. The van der Waals surface area contributed by atoms with E-state index in [0.29, 0.717) is 6.61 Å². The summed E-state index contributed by atoms with van der Waals surface area (Å²) in [4.78, 5) is 11.3. The van der Waals surface area contributed by atoms with Crippen molar-refractivity contribution >= 4 is 5.97 Å². The van der Waals surface area contributed by atoms with Crippen LogP contribution in [0.1, 0.15) is 33.1 Å². The van der Waals surface area contributed by atoms with Gasteiger partial charge >= 0.3 is 5.97 Å². The van der Waals surface area contributed by atoms with Crippen molar-refractivity contribution in [3.05, 3.63) is 0 Å². The van der Waals surface area contributed by atoms with Gasteiger partial charge in [-0.3, -0.25) is 4.79 Å². The molecule has 1 fully saturated rings. The molecule has 1 rings (SSSR count). The van der Waals surface area contributed by atoms with Crippen LogP contribution in [0, 0.1) is 0 Å².